The number of carbonyl (C=O) groups is 2. The quantitative estimate of drug-likeness (QED) is 0.263. The molecule has 3 aromatic carbocycles. The number of methoxy groups -OCH3 is 1. The van der Waals surface area contributed by atoms with E-state index in [1.807, 2.05) is 18.2 Å². The Morgan fingerprint density at radius 3 is 2.39 bits per heavy atom. The van der Waals surface area contributed by atoms with Gasteiger partial charge in [0.15, 0.2) is 17.3 Å². The fourth-order valence-electron chi connectivity index (χ4n) is 4.85. The number of aromatic nitrogens is 2. The molecule has 1 aliphatic rings. The van der Waals surface area contributed by atoms with E-state index in [-0.39, 0.29) is 33.9 Å². The summed E-state index contributed by atoms with van der Waals surface area (Å²) in [4.78, 5) is 41.0. The van der Waals surface area contributed by atoms with Gasteiger partial charge in [-0.25, -0.2) is 4.68 Å². The highest BCUT2D eigenvalue weighted by Gasteiger charge is 2.45. The van der Waals surface area contributed by atoms with Gasteiger partial charge in [-0.3, -0.25) is 19.1 Å². The molecule has 2 unspecified atom stereocenters. The Morgan fingerprint density at radius 1 is 0.972 bits per heavy atom. The van der Waals surface area contributed by atoms with Crippen LogP contribution in [0.4, 0.5) is 0 Å². The standard InChI is InChI=1S/C28H24N2O6/c1-16-23(27(33)30(29(16)2)18-9-5-4-6-10-18)24(17-13-14-20(31)22(15-17)35-3)25-26(32)19-11-7-8-12-21(19)36-28(25)34/h4-15,24-25,31H,1-3H3. The summed E-state index contributed by atoms with van der Waals surface area (Å²) in [5.74, 6) is -3.24. The molecule has 0 saturated carbocycles. The van der Waals surface area contributed by atoms with Gasteiger partial charge in [-0.2, -0.15) is 0 Å². The van der Waals surface area contributed by atoms with Gasteiger partial charge < -0.3 is 14.6 Å². The zero-order valence-electron chi connectivity index (χ0n) is 20.0. The molecule has 1 aliphatic heterocycles. The summed E-state index contributed by atoms with van der Waals surface area (Å²) in [6, 6.07) is 20.2. The summed E-state index contributed by atoms with van der Waals surface area (Å²) < 4.78 is 14.1. The number of rotatable bonds is 5. The smallest absolute Gasteiger partial charge is 0.323 e. The minimum atomic E-state index is -1.31. The number of carbonyl (C=O) groups excluding carboxylic acids is 2. The van der Waals surface area contributed by atoms with Crippen LogP contribution >= 0.6 is 0 Å². The summed E-state index contributed by atoms with van der Waals surface area (Å²) >= 11 is 0. The third kappa shape index (κ3) is 3.58. The van der Waals surface area contributed by atoms with Crippen LogP contribution < -0.4 is 15.0 Å². The summed E-state index contributed by atoms with van der Waals surface area (Å²) in [5, 5.41) is 10.2. The maximum Gasteiger partial charge on any atom is 0.323 e. The number of hydrogen-bond donors (Lipinski definition) is 1. The first-order valence-electron chi connectivity index (χ1n) is 11.4. The van der Waals surface area contributed by atoms with Crippen LogP contribution in [-0.2, 0) is 11.8 Å². The molecule has 0 saturated heterocycles. The highest BCUT2D eigenvalue weighted by molar-refractivity contribution is 6.14. The fraction of sp³-hybridized carbons (Fsp3) is 0.179. The van der Waals surface area contributed by atoms with Gasteiger partial charge in [0.05, 0.1) is 18.4 Å². The lowest BCUT2D eigenvalue weighted by Gasteiger charge is -2.29. The number of ketones is 1. The average Bonchev–Trinajstić information content (AvgIpc) is 3.10. The number of fused-ring (bicyclic) bond motifs is 1. The number of benzene rings is 3. The average molecular weight is 485 g/mol. The number of hydrogen-bond acceptors (Lipinski definition) is 6. The van der Waals surface area contributed by atoms with Crippen LogP contribution in [0.1, 0.15) is 33.1 Å². The number of nitrogens with zero attached hydrogens (tertiary/aromatic N) is 2. The van der Waals surface area contributed by atoms with Crippen LogP contribution in [0.3, 0.4) is 0 Å². The van der Waals surface area contributed by atoms with Crippen molar-refractivity contribution in [3.05, 3.63) is 106 Å². The zero-order chi connectivity index (χ0) is 25.6. The number of phenols is 1. The summed E-state index contributed by atoms with van der Waals surface area (Å²) in [5.41, 5.74) is 1.88. The van der Waals surface area contributed by atoms with E-state index in [4.69, 9.17) is 9.47 Å². The Kier molecular flexibility index (Phi) is 5.72. The summed E-state index contributed by atoms with van der Waals surface area (Å²) in [7, 11) is 3.15. The van der Waals surface area contributed by atoms with Gasteiger partial charge >= 0.3 is 5.97 Å². The number of phenolic OH excluding ortho intramolecular Hbond substituents is 1. The van der Waals surface area contributed by atoms with Crippen LogP contribution in [0.2, 0.25) is 0 Å². The minimum absolute atomic E-state index is 0.102. The van der Waals surface area contributed by atoms with E-state index in [1.54, 1.807) is 67.2 Å². The van der Waals surface area contributed by atoms with Crippen LogP contribution in [0.5, 0.6) is 17.2 Å². The Labute approximate surface area is 206 Å². The van der Waals surface area contributed by atoms with E-state index in [1.165, 1.54) is 17.9 Å². The molecule has 0 bridgehead atoms. The first-order valence-corrected chi connectivity index (χ1v) is 11.4. The van der Waals surface area contributed by atoms with E-state index in [2.05, 4.69) is 0 Å². The lowest BCUT2D eigenvalue weighted by molar-refractivity contribution is -0.138. The van der Waals surface area contributed by atoms with Gasteiger partial charge in [0, 0.05) is 24.2 Å². The van der Waals surface area contributed by atoms with Crippen LogP contribution in [0.15, 0.2) is 77.6 Å². The first-order chi connectivity index (χ1) is 17.3. The highest BCUT2D eigenvalue weighted by Crippen LogP contribution is 2.42. The van der Waals surface area contributed by atoms with Crippen molar-refractivity contribution < 1.29 is 24.2 Å². The van der Waals surface area contributed by atoms with Gasteiger partial charge in [-0.1, -0.05) is 36.4 Å². The highest BCUT2D eigenvalue weighted by atomic mass is 16.5. The Balaban J connectivity index is 1.78. The Bertz CT molecular complexity index is 1550. The van der Waals surface area contributed by atoms with E-state index < -0.39 is 23.6 Å². The molecule has 2 heterocycles. The van der Waals surface area contributed by atoms with Gasteiger partial charge in [0.25, 0.3) is 5.56 Å². The largest absolute Gasteiger partial charge is 0.504 e. The first kappa shape index (κ1) is 23.2. The number of ether oxygens (including phenoxy) is 2. The predicted octanol–water partition coefficient (Wildman–Crippen LogP) is 3.75. The van der Waals surface area contributed by atoms with Crippen molar-refractivity contribution in [1.82, 2.24) is 9.36 Å². The van der Waals surface area contributed by atoms with E-state index in [0.717, 1.165) is 0 Å². The number of esters is 1. The normalized spacial score (nSPS) is 15.8. The van der Waals surface area contributed by atoms with Crippen molar-refractivity contribution in [2.45, 2.75) is 12.8 Å². The molecule has 1 N–H and O–H groups in total. The lowest BCUT2D eigenvalue weighted by Crippen LogP contribution is -2.39. The van der Waals surface area contributed by atoms with Crippen molar-refractivity contribution in [2.24, 2.45) is 13.0 Å². The third-order valence-electron chi connectivity index (χ3n) is 6.71. The molecule has 0 radical (unpaired) electrons. The van der Waals surface area contributed by atoms with E-state index in [0.29, 0.717) is 16.9 Å². The van der Waals surface area contributed by atoms with Crippen molar-refractivity contribution in [3.63, 3.8) is 0 Å². The second-order valence-electron chi connectivity index (χ2n) is 8.64. The molecular weight excluding hydrogens is 460 g/mol. The molecular formula is C28H24N2O6. The molecule has 182 valence electrons. The predicted molar refractivity (Wildman–Crippen MR) is 132 cm³/mol. The summed E-state index contributed by atoms with van der Waals surface area (Å²) in [6.45, 7) is 1.77. The second-order valence-corrected chi connectivity index (χ2v) is 8.64. The van der Waals surface area contributed by atoms with Crippen molar-refractivity contribution >= 4 is 11.8 Å². The van der Waals surface area contributed by atoms with E-state index in [9.17, 15) is 19.5 Å². The van der Waals surface area contributed by atoms with Crippen LogP contribution in [0.25, 0.3) is 5.69 Å². The van der Waals surface area contributed by atoms with Gasteiger partial charge in [0.2, 0.25) is 0 Å². The number of aromatic hydroxyl groups is 1. The topological polar surface area (TPSA) is 99.8 Å². The third-order valence-corrected chi connectivity index (χ3v) is 6.71. The van der Waals surface area contributed by atoms with Gasteiger partial charge in [-0.15, -0.1) is 0 Å². The lowest BCUT2D eigenvalue weighted by atomic mass is 9.76. The molecule has 0 aliphatic carbocycles. The Hall–Kier alpha value is -4.59. The number of Topliss-reactive ketones (excluding diaryl/α,β-unsaturated/α-hetero) is 1. The molecule has 36 heavy (non-hydrogen) atoms. The second kappa shape index (κ2) is 8.88. The van der Waals surface area contributed by atoms with Crippen LogP contribution in [0, 0.1) is 12.8 Å². The van der Waals surface area contributed by atoms with Crippen LogP contribution in [-0.4, -0.2) is 33.3 Å². The van der Waals surface area contributed by atoms with E-state index >= 15 is 0 Å². The van der Waals surface area contributed by atoms with Crippen molar-refractivity contribution in [2.75, 3.05) is 7.11 Å². The van der Waals surface area contributed by atoms with Crippen molar-refractivity contribution in [1.29, 1.82) is 0 Å². The fourth-order valence-corrected chi connectivity index (χ4v) is 4.85. The van der Waals surface area contributed by atoms with Gasteiger partial charge in [0.1, 0.15) is 11.7 Å². The Morgan fingerprint density at radius 2 is 1.67 bits per heavy atom. The molecule has 8 nitrogen and oxygen atoms in total. The molecule has 5 rings (SSSR count). The molecule has 1 aromatic heterocycles. The SMILES string of the molecule is COc1cc(C(c2c(C)n(C)n(-c3ccccc3)c2=O)C2C(=O)Oc3ccccc3C2=O)ccc1O. The summed E-state index contributed by atoms with van der Waals surface area (Å²) in [6.07, 6.45) is 0. The van der Waals surface area contributed by atoms with Gasteiger partial charge in [-0.05, 0) is 48.9 Å². The molecule has 8 heteroatoms. The molecule has 0 spiro atoms. The zero-order valence-corrected chi connectivity index (χ0v) is 20.0. The maximum absolute atomic E-state index is 13.9. The molecule has 2 atom stereocenters. The van der Waals surface area contributed by atoms with Crippen molar-refractivity contribution in [3.8, 4) is 22.9 Å². The maximum atomic E-state index is 13.9. The molecule has 0 fully saturated rings. The number of para-hydroxylation sites is 2. The monoisotopic (exact) mass is 484 g/mol. The minimum Gasteiger partial charge on any atom is -0.504 e. The molecule has 0 amide bonds. The molecule has 4 aromatic rings.